The summed E-state index contributed by atoms with van der Waals surface area (Å²) >= 11 is 0. The van der Waals surface area contributed by atoms with Gasteiger partial charge in [-0.2, -0.15) is 0 Å². The second-order valence-electron chi connectivity index (χ2n) is 7.54. The predicted octanol–water partition coefficient (Wildman–Crippen LogP) is 2.62. The zero-order valence-electron chi connectivity index (χ0n) is 18.4. The molecule has 0 spiro atoms. The number of pyridine rings is 1. The minimum Gasteiger partial charge on any atom is -0.378 e. The molecule has 6 nitrogen and oxygen atoms in total. The third-order valence-electron chi connectivity index (χ3n) is 5.74. The van der Waals surface area contributed by atoms with E-state index in [0.29, 0.717) is 31.6 Å². The maximum Gasteiger partial charge on any atom is 0.253 e. The minimum atomic E-state index is -2.15. The molecule has 28 heavy (non-hydrogen) atoms. The molecule has 2 bridgehead atoms. The normalized spacial score (nSPS) is 27.0. The van der Waals surface area contributed by atoms with Gasteiger partial charge in [-0.05, 0) is 38.0 Å². The number of hydrogen-bond donors (Lipinski definition) is 1. The number of nitrogens with one attached hydrogen (secondary N) is 1. The lowest BCUT2D eigenvalue weighted by Crippen LogP contribution is -2.59. The van der Waals surface area contributed by atoms with Gasteiger partial charge in [0.2, 0.25) is 0 Å². The molecule has 2 fully saturated rings. The molecule has 5 rings (SSSR count). The van der Waals surface area contributed by atoms with Gasteiger partial charge in [0, 0.05) is 40.0 Å². The summed E-state index contributed by atoms with van der Waals surface area (Å²) < 4.78 is 31.1. The zero-order valence-corrected chi connectivity index (χ0v) is 15.4. The third kappa shape index (κ3) is 2.99. The molecule has 4 heterocycles. The molecule has 2 aliphatic rings. The van der Waals surface area contributed by atoms with E-state index in [1.807, 2.05) is 47.2 Å². The van der Waals surface area contributed by atoms with Crippen LogP contribution in [0.25, 0.3) is 16.6 Å². The van der Waals surface area contributed by atoms with Crippen molar-refractivity contribution < 1.29 is 13.6 Å². The number of aromatic nitrogens is 2. The van der Waals surface area contributed by atoms with Crippen LogP contribution in [0.1, 0.15) is 27.3 Å². The van der Waals surface area contributed by atoms with Crippen LogP contribution in [0.2, 0.25) is 0 Å². The molecule has 6 heteroatoms. The summed E-state index contributed by atoms with van der Waals surface area (Å²) in [5, 5.41) is 4.03. The Hall–Kier alpha value is -2.70. The highest BCUT2D eigenvalue weighted by atomic mass is 16.5. The van der Waals surface area contributed by atoms with Crippen molar-refractivity contribution in [1.29, 1.82) is 0 Å². The number of piperidine rings is 1. The van der Waals surface area contributed by atoms with E-state index in [1.54, 1.807) is 17.3 Å². The fourth-order valence-corrected chi connectivity index (χ4v) is 4.37. The first kappa shape index (κ1) is 14.3. The van der Waals surface area contributed by atoms with Gasteiger partial charge in [0.25, 0.3) is 5.91 Å². The molecule has 3 atom stereocenters. The number of carbonyl (C=O) groups excluding carboxylic acids is 1. The molecule has 0 aliphatic carbocycles. The number of ether oxygens (including phenoxy) is 1. The molecular weight excluding hydrogens is 352 g/mol. The number of benzene rings is 1. The summed E-state index contributed by atoms with van der Waals surface area (Å²) in [6.07, 6.45) is 6.44. The zero-order chi connectivity index (χ0) is 21.6. The second-order valence-corrected chi connectivity index (χ2v) is 7.54. The van der Waals surface area contributed by atoms with Crippen LogP contribution < -0.4 is 5.32 Å². The SMILES string of the molecule is [2H]C([2H])([2H])N1[C@@H]2COC[C@H]1C[C@@H](NC(=O)c1cn(-c3cccnc3)c3ccccc13)C2. The van der Waals surface area contributed by atoms with Crippen molar-refractivity contribution in [2.24, 2.45) is 0 Å². The van der Waals surface area contributed by atoms with E-state index >= 15 is 0 Å². The average molecular weight is 379 g/mol. The van der Waals surface area contributed by atoms with Crippen LogP contribution in [-0.4, -0.2) is 58.7 Å². The second kappa shape index (κ2) is 7.04. The van der Waals surface area contributed by atoms with Crippen molar-refractivity contribution >= 4 is 16.8 Å². The van der Waals surface area contributed by atoms with E-state index in [0.717, 1.165) is 16.6 Å². The molecule has 2 saturated heterocycles. The largest absolute Gasteiger partial charge is 0.378 e. The minimum absolute atomic E-state index is 0.0921. The van der Waals surface area contributed by atoms with Gasteiger partial charge in [0.15, 0.2) is 0 Å². The van der Waals surface area contributed by atoms with Gasteiger partial charge in [0.1, 0.15) is 0 Å². The van der Waals surface area contributed by atoms with Crippen LogP contribution in [0, 0.1) is 0 Å². The Morgan fingerprint density at radius 1 is 1.21 bits per heavy atom. The Kier molecular flexibility index (Phi) is 3.60. The first-order valence-corrected chi connectivity index (χ1v) is 9.59. The van der Waals surface area contributed by atoms with Crippen molar-refractivity contribution in [1.82, 2.24) is 19.8 Å². The smallest absolute Gasteiger partial charge is 0.253 e. The quantitative estimate of drug-likeness (QED) is 0.760. The highest BCUT2D eigenvalue weighted by Crippen LogP contribution is 2.28. The van der Waals surface area contributed by atoms with E-state index in [-0.39, 0.29) is 24.0 Å². The van der Waals surface area contributed by atoms with Crippen molar-refractivity contribution in [3.05, 3.63) is 60.6 Å². The molecule has 2 aromatic heterocycles. The Morgan fingerprint density at radius 2 is 2.04 bits per heavy atom. The number of para-hydroxylation sites is 1. The van der Waals surface area contributed by atoms with E-state index in [2.05, 4.69) is 10.3 Å². The van der Waals surface area contributed by atoms with Crippen LogP contribution in [0.15, 0.2) is 55.0 Å². The topological polar surface area (TPSA) is 59.4 Å². The number of rotatable bonds is 3. The highest BCUT2D eigenvalue weighted by Gasteiger charge is 2.37. The molecule has 0 saturated carbocycles. The predicted molar refractivity (Wildman–Crippen MR) is 108 cm³/mol. The lowest BCUT2D eigenvalue weighted by molar-refractivity contribution is -0.0670. The van der Waals surface area contributed by atoms with Crippen molar-refractivity contribution in [3.63, 3.8) is 0 Å². The van der Waals surface area contributed by atoms with Crippen LogP contribution >= 0.6 is 0 Å². The summed E-state index contributed by atoms with van der Waals surface area (Å²) in [4.78, 5) is 19.1. The monoisotopic (exact) mass is 379 g/mol. The van der Waals surface area contributed by atoms with E-state index in [1.165, 1.54) is 0 Å². The summed E-state index contributed by atoms with van der Waals surface area (Å²) in [6, 6.07) is 11.1. The van der Waals surface area contributed by atoms with Crippen molar-refractivity contribution in [2.75, 3.05) is 20.2 Å². The van der Waals surface area contributed by atoms with Crippen molar-refractivity contribution in [2.45, 2.75) is 31.0 Å². The highest BCUT2D eigenvalue weighted by molar-refractivity contribution is 6.07. The van der Waals surface area contributed by atoms with Gasteiger partial charge < -0.3 is 14.6 Å². The molecule has 144 valence electrons. The summed E-state index contributed by atoms with van der Waals surface area (Å²) in [7, 11) is 0. The Labute approximate surface area is 168 Å². The van der Waals surface area contributed by atoms with Crippen molar-refractivity contribution in [3.8, 4) is 5.69 Å². The fraction of sp³-hybridized carbons (Fsp3) is 0.364. The number of nitrogens with zero attached hydrogens (tertiary/aromatic N) is 3. The van der Waals surface area contributed by atoms with Gasteiger partial charge in [-0.25, -0.2) is 0 Å². The summed E-state index contributed by atoms with van der Waals surface area (Å²) in [5.41, 5.74) is 2.41. The molecule has 1 aromatic carbocycles. The summed E-state index contributed by atoms with van der Waals surface area (Å²) in [6.45, 7) is -1.39. The number of hydrogen-bond acceptors (Lipinski definition) is 4. The Balaban J connectivity index is 1.41. The molecule has 1 amide bonds. The number of amides is 1. The lowest BCUT2D eigenvalue weighted by atomic mass is 9.90. The number of fused-ring (bicyclic) bond motifs is 3. The van der Waals surface area contributed by atoms with E-state index in [4.69, 9.17) is 8.85 Å². The molecular formula is C22H24N4O2. The molecule has 1 N–H and O–H groups in total. The standard InChI is InChI=1S/C22H24N4O2/c1-25-17-9-15(10-18(25)14-28-13-17)24-22(27)20-12-26(16-5-4-8-23-11-16)21-7-3-2-6-19(20)21/h2-8,11-12,15,17-18H,9-10,13-14H2,1H3,(H,24,27)/t15-,17-,18+/i1D3. The van der Waals surface area contributed by atoms with E-state index < -0.39 is 6.98 Å². The van der Waals surface area contributed by atoms with Crippen LogP contribution in [0.5, 0.6) is 0 Å². The number of morpholine rings is 1. The maximum atomic E-state index is 13.3. The molecule has 0 unspecified atom stereocenters. The third-order valence-corrected chi connectivity index (χ3v) is 5.74. The maximum absolute atomic E-state index is 13.3. The van der Waals surface area contributed by atoms with Gasteiger partial charge in [-0.3, -0.25) is 14.7 Å². The van der Waals surface area contributed by atoms with Gasteiger partial charge in [-0.15, -0.1) is 0 Å². The van der Waals surface area contributed by atoms with Gasteiger partial charge >= 0.3 is 0 Å². The molecule has 2 aliphatic heterocycles. The Bertz CT molecular complexity index is 1090. The van der Waals surface area contributed by atoms with Gasteiger partial charge in [0.05, 0.1) is 36.2 Å². The first-order chi connectivity index (χ1) is 14.9. The Morgan fingerprint density at radius 3 is 2.79 bits per heavy atom. The average Bonchev–Trinajstić information content (AvgIpc) is 3.13. The van der Waals surface area contributed by atoms with Crippen LogP contribution in [0.4, 0.5) is 0 Å². The number of likely N-dealkylation sites (N-methyl/N-ethyl adjacent to an activating group) is 1. The first-order valence-electron chi connectivity index (χ1n) is 11.1. The lowest BCUT2D eigenvalue weighted by Gasteiger charge is -2.46. The number of carbonyl (C=O) groups is 1. The summed E-state index contributed by atoms with van der Waals surface area (Å²) in [5.74, 6) is -0.148. The molecule has 3 aromatic rings. The van der Waals surface area contributed by atoms with Gasteiger partial charge in [-0.1, -0.05) is 18.2 Å². The van der Waals surface area contributed by atoms with Crippen LogP contribution in [0.3, 0.4) is 0 Å². The molecule has 0 radical (unpaired) electrons. The van der Waals surface area contributed by atoms with Crippen LogP contribution in [-0.2, 0) is 4.74 Å². The van der Waals surface area contributed by atoms with E-state index in [9.17, 15) is 4.79 Å². The fourth-order valence-electron chi connectivity index (χ4n) is 4.37.